The van der Waals surface area contributed by atoms with Crippen LogP contribution in [-0.2, 0) is 45.0 Å². The van der Waals surface area contributed by atoms with Crippen molar-refractivity contribution in [1.82, 2.24) is 41.3 Å². The van der Waals surface area contributed by atoms with E-state index in [1.165, 1.54) is 11.1 Å². The zero-order valence-corrected chi connectivity index (χ0v) is 23.9. The van der Waals surface area contributed by atoms with Crippen LogP contribution >= 0.6 is 0 Å². The van der Waals surface area contributed by atoms with Gasteiger partial charge in [0.15, 0.2) is 0 Å². The smallest absolute Gasteiger partial charge is 0.250 e. The number of carbonyl (C=O) groups is 4. The van der Waals surface area contributed by atoms with Crippen LogP contribution in [0.3, 0.4) is 0 Å². The number of aromatic amines is 2. The van der Waals surface area contributed by atoms with Crippen LogP contribution < -0.4 is 20.9 Å². The summed E-state index contributed by atoms with van der Waals surface area (Å²) in [7, 11) is 0. The van der Waals surface area contributed by atoms with E-state index in [0.717, 1.165) is 27.8 Å². The Morgan fingerprint density at radius 1 is 1.09 bits per heavy atom. The molecule has 13 heteroatoms. The largest absolute Gasteiger partial charge is 0.348 e. The molecule has 4 heterocycles. The Hall–Kier alpha value is -5.07. The van der Waals surface area contributed by atoms with Gasteiger partial charge >= 0.3 is 0 Å². The summed E-state index contributed by atoms with van der Waals surface area (Å²) in [6.07, 6.45) is 2.78. The maximum atomic E-state index is 14.0. The maximum absolute atomic E-state index is 14.0. The first kappa shape index (κ1) is 28.1. The number of imidazole rings is 1. The molecule has 0 aliphatic carbocycles. The van der Waals surface area contributed by atoms with Crippen molar-refractivity contribution in [1.29, 1.82) is 0 Å². The van der Waals surface area contributed by atoms with Crippen LogP contribution in [0.5, 0.6) is 0 Å². The van der Waals surface area contributed by atoms with E-state index < -0.39 is 24.0 Å². The molecule has 2 aliphatic rings. The molecule has 4 amide bonds. The molecular weight excluding hydrogens is 550 g/mol. The van der Waals surface area contributed by atoms with E-state index in [1.54, 1.807) is 0 Å². The molecule has 3 atom stereocenters. The number of rotatable bonds is 9. The highest BCUT2D eigenvalue weighted by Crippen LogP contribution is 2.39. The minimum absolute atomic E-state index is 0.0233. The average Bonchev–Trinajstić information content (AvgIpc) is 3.72. The summed E-state index contributed by atoms with van der Waals surface area (Å²) in [5.74, 6) is -1.23. The number of aryl methyl sites for hydroxylation is 1. The summed E-state index contributed by atoms with van der Waals surface area (Å²) < 4.78 is 0. The molecule has 0 bridgehead atoms. The van der Waals surface area contributed by atoms with Crippen molar-refractivity contribution in [3.63, 3.8) is 0 Å². The summed E-state index contributed by atoms with van der Waals surface area (Å²) in [6.45, 7) is 3.83. The van der Waals surface area contributed by atoms with E-state index in [-0.39, 0.29) is 36.6 Å². The molecular formula is C30H33N9O4. The van der Waals surface area contributed by atoms with Crippen LogP contribution in [-0.4, -0.2) is 67.1 Å². The highest BCUT2D eigenvalue weighted by atomic mass is 16.2. The number of H-pyrrole nitrogens is 2. The molecule has 2 aliphatic heterocycles. The van der Waals surface area contributed by atoms with Crippen LogP contribution in [0.25, 0.3) is 11.0 Å². The van der Waals surface area contributed by atoms with Gasteiger partial charge in [0.1, 0.15) is 29.6 Å². The van der Waals surface area contributed by atoms with E-state index in [2.05, 4.69) is 41.3 Å². The molecule has 0 saturated carbocycles. The van der Waals surface area contributed by atoms with Crippen LogP contribution in [0.1, 0.15) is 42.9 Å². The summed E-state index contributed by atoms with van der Waals surface area (Å²) in [5, 5.41) is 18.8. The van der Waals surface area contributed by atoms with Crippen molar-refractivity contribution in [2.24, 2.45) is 5.92 Å². The predicted octanol–water partition coefficient (Wildman–Crippen LogP) is 1.07. The van der Waals surface area contributed by atoms with Crippen molar-refractivity contribution in [3.8, 4) is 0 Å². The molecule has 4 aromatic rings. The van der Waals surface area contributed by atoms with Gasteiger partial charge in [-0.1, -0.05) is 44.2 Å². The number of benzene rings is 2. The van der Waals surface area contributed by atoms with E-state index in [0.29, 0.717) is 30.8 Å². The van der Waals surface area contributed by atoms with Crippen LogP contribution in [0, 0.1) is 5.92 Å². The van der Waals surface area contributed by atoms with Gasteiger partial charge in [0.25, 0.3) is 0 Å². The summed E-state index contributed by atoms with van der Waals surface area (Å²) in [5.41, 5.74) is 4.76. The Kier molecular flexibility index (Phi) is 7.61. The standard InChI is InChI=1S/C30H33N9O4/c1-16(2)26(36-25(40)13-24-33-20-8-3-4-9-21(20)34-24)29(42)35-22-11-10-17-6-5-7-18-12-23(39(27(17)18)30(22)43)28(41)31-14-19-15-32-38-37-19/h3-9,15-16,22-23,26H,10-14H2,1-2H3,(H,31,41)(H,33,34)(H,35,42)(H,36,40)(H,32,37,38)/t22-,23-,26-/m0/s1. The van der Waals surface area contributed by atoms with Crippen LogP contribution in [0.15, 0.2) is 48.7 Å². The van der Waals surface area contributed by atoms with E-state index >= 15 is 0 Å². The Morgan fingerprint density at radius 2 is 1.91 bits per heavy atom. The summed E-state index contributed by atoms with van der Waals surface area (Å²) in [4.78, 5) is 62.9. The van der Waals surface area contributed by atoms with Crippen molar-refractivity contribution in [2.45, 2.75) is 64.2 Å². The molecule has 43 heavy (non-hydrogen) atoms. The van der Waals surface area contributed by atoms with Gasteiger partial charge in [-0.2, -0.15) is 15.4 Å². The first-order chi connectivity index (χ1) is 20.8. The Labute approximate surface area is 247 Å². The van der Waals surface area contributed by atoms with E-state index in [9.17, 15) is 19.2 Å². The normalized spacial score (nSPS) is 18.3. The van der Waals surface area contributed by atoms with Crippen LogP contribution in [0.2, 0.25) is 0 Å². The van der Waals surface area contributed by atoms with Gasteiger partial charge in [-0.3, -0.25) is 24.1 Å². The number of fused-ring (bicyclic) bond motifs is 1. The van der Waals surface area contributed by atoms with Gasteiger partial charge in [0, 0.05) is 6.42 Å². The predicted molar refractivity (Wildman–Crippen MR) is 156 cm³/mol. The second-order valence-electron chi connectivity index (χ2n) is 11.3. The Morgan fingerprint density at radius 3 is 2.67 bits per heavy atom. The number of aromatic nitrogens is 5. The van der Waals surface area contributed by atoms with Gasteiger partial charge in [-0.25, -0.2) is 4.98 Å². The first-order valence-corrected chi connectivity index (χ1v) is 14.4. The minimum atomic E-state index is -0.870. The van der Waals surface area contributed by atoms with Gasteiger partial charge in [0.2, 0.25) is 23.6 Å². The van der Waals surface area contributed by atoms with Crippen molar-refractivity contribution in [2.75, 3.05) is 4.90 Å². The average molecular weight is 584 g/mol. The van der Waals surface area contributed by atoms with Gasteiger partial charge in [0.05, 0.1) is 35.9 Å². The quantitative estimate of drug-likeness (QED) is 0.196. The second-order valence-corrected chi connectivity index (χ2v) is 11.3. The first-order valence-electron chi connectivity index (χ1n) is 14.4. The molecule has 0 fully saturated rings. The third-order valence-corrected chi connectivity index (χ3v) is 7.97. The fraction of sp³-hybridized carbons (Fsp3) is 0.367. The third kappa shape index (κ3) is 5.70. The zero-order valence-electron chi connectivity index (χ0n) is 23.9. The van der Waals surface area contributed by atoms with Crippen molar-refractivity contribution < 1.29 is 19.2 Å². The van der Waals surface area contributed by atoms with E-state index in [4.69, 9.17) is 0 Å². The van der Waals surface area contributed by atoms with E-state index in [1.807, 2.05) is 56.3 Å². The van der Waals surface area contributed by atoms with Crippen molar-refractivity contribution >= 4 is 40.3 Å². The number of nitrogens with zero attached hydrogens (tertiary/aromatic N) is 4. The van der Waals surface area contributed by atoms with Crippen LogP contribution in [0.4, 0.5) is 5.69 Å². The number of anilines is 1. The number of nitrogens with one attached hydrogen (secondary N) is 5. The lowest BCUT2D eigenvalue weighted by atomic mass is 10.00. The monoisotopic (exact) mass is 583 g/mol. The summed E-state index contributed by atoms with van der Waals surface area (Å²) >= 11 is 0. The molecule has 2 aromatic heterocycles. The third-order valence-electron chi connectivity index (χ3n) is 7.97. The molecule has 0 saturated heterocycles. The van der Waals surface area contributed by atoms with Crippen molar-refractivity contribution in [3.05, 3.63) is 71.3 Å². The number of para-hydroxylation sites is 3. The molecule has 0 spiro atoms. The Balaban J connectivity index is 1.16. The fourth-order valence-corrected chi connectivity index (χ4v) is 5.84. The second kappa shape index (κ2) is 11.7. The lowest BCUT2D eigenvalue weighted by Gasteiger charge is -2.29. The number of hydrogen-bond acceptors (Lipinski definition) is 7. The molecule has 222 valence electrons. The summed E-state index contributed by atoms with van der Waals surface area (Å²) in [6, 6.07) is 10.8. The molecule has 0 radical (unpaired) electrons. The van der Waals surface area contributed by atoms with Gasteiger partial charge in [-0.05, 0) is 42.0 Å². The Bertz CT molecular complexity index is 1650. The lowest BCUT2D eigenvalue weighted by Crippen LogP contribution is -2.58. The SMILES string of the molecule is CC(C)[C@H](NC(=O)Cc1nc2ccccc2[nH]1)C(=O)N[C@H]1CCc2cccc3c2N(C1=O)[C@H](C(=O)NCc1cn[nH]n1)C3. The number of amides is 4. The maximum Gasteiger partial charge on any atom is 0.250 e. The molecule has 13 nitrogen and oxygen atoms in total. The van der Waals surface area contributed by atoms with Gasteiger partial charge < -0.3 is 20.9 Å². The molecule has 2 aromatic carbocycles. The fourth-order valence-electron chi connectivity index (χ4n) is 5.84. The molecule has 0 unspecified atom stereocenters. The topological polar surface area (TPSA) is 178 Å². The molecule has 6 rings (SSSR count). The highest BCUT2D eigenvalue weighted by molar-refractivity contribution is 6.08. The number of carbonyl (C=O) groups excluding carboxylic acids is 4. The minimum Gasteiger partial charge on any atom is -0.348 e. The zero-order chi connectivity index (χ0) is 30.1. The van der Waals surface area contributed by atoms with Gasteiger partial charge in [-0.15, -0.1) is 0 Å². The highest BCUT2D eigenvalue weighted by Gasteiger charge is 2.44. The lowest BCUT2D eigenvalue weighted by molar-refractivity contribution is -0.132. The molecule has 5 N–H and O–H groups in total. The number of hydrogen-bond donors (Lipinski definition) is 5.